The summed E-state index contributed by atoms with van der Waals surface area (Å²) in [7, 11) is 0. The molecule has 0 atom stereocenters. The molecule has 0 amide bonds. The Labute approximate surface area is 92.6 Å². The maximum Gasteiger partial charge on any atom is 0.243 e. The molecule has 4 nitrogen and oxygen atoms in total. The Hall–Kier alpha value is -2.04. The first-order valence-corrected chi connectivity index (χ1v) is 4.89. The summed E-state index contributed by atoms with van der Waals surface area (Å²) < 4.78 is 12.9. The van der Waals surface area contributed by atoms with Crippen molar-refractivity contribution in [2.45, 2.75) is 13.5 Å². The Morgan fingerprint density at radius 1 is 1.38 bits per heavy atom. The van der Waals surface area contributed by atoms with Crippen molar-refractivity contribution in [3.05, 3.63) is 47.5 Å². The zero-order valence-corrected chi connectivity index (χ0v) is 8.81. The van der Waals surface area contributed by atoms with Gasteiger partial charge in [-0.2, -0.15) is 5.10 Å². The molecule has 0 aliphatic rings. The lowest BCUT2D eigenvalue weighted by Crippen LogP contribution is -2.05. The van der Waals surface area contributed by atoms with Crippen LogP contribution in [0.5, 0.6) is 0 Å². The fourth-order valence-corrected chi connectivity index (χ4v) is 1.29. The van der Waals surface area contributed by atoms with E-state index in [0.717, 1.165) is 11.3 Å². The molecule has 0 aliphatic heterocycles. The summed E-state index contributed by atoms with van der Waals surface area (Å²) in [5, 5.41) is 10.6. The molecule has 16 heavy (non-hydrogen) atoms. The van der Waals surface area contributed by atoms with Gasteiger partial charge in [0.1, 0.15) is 5.82 Å². The van der Waals surface area contributed by atoms with Gasteiger partial charge in [0.2, 0.25) is 5.95 Å². The van der Waals surface area contributed by atoms with Gasteiger partial charge in [0.05, 0.1) is 11.9 Å². The van der Waals surface area contributed by atoms with Crippen molar-refractivity contribution in [2.24, 2.45) is 0 Å². The van der Waals surface area contributed by atoms with Gasteiger partial charge in [-0.1, -0.05) is 12.1 Å². The minimum absolute atomic E-state index is 0.248. The zero-order valence-electron chi connectivity index (χ0n) is 8.81. The first-order valence-electron chi connectivity index (χ1n) is 4.89. The van der Waals surface area contributed by atoms with E-state index in [1.54, 1.807) is 12.3 Å². The molecule has 82 valence electrons. The first kappa shape index (κ1) is 10.5. The average molecular weight is 218 g/mol. The van der Waals surface area contributed by atoms with E-state index in [2.05, 4.69) is 20.5 Å². The van der Waals surface area contributed by atoms with Gasteiger partial charge in [0.25, 0.3) is 0 Å². The number of nitrogens with zero attached hydrogens (tertiary/aromatic N) is 3. The maximum atomic E-state index is 12.9. The van der Waals surface area contributed by atoms with Gasteiger partial charge in [0.15, 0.2) is 0 Å². The lowest BCUT2D eigenvalue weighted by atomic mass is 10.2. The Kier molecular flexibility index (Phi) is 3.05. The Morgan fingerprint density at radius 3 is 3.00 bits per heavy atom. The van der Waals surface area contributed by atoms with Crippen molar-refractivity contribution in [1.82, 2.24) is 15.2 Å². The van der Waals surface area contributed by atoms with Gasteiger partial charge in [-0.15, -0.1) is 5.10 Å². The largest absolute Gasteiger partial charge is 0.349 e. The predicted octanol–water partition coefficient (Wildman–Crippen LogP) is 1.93. The van der Waals surface area contributed by atoms with Gasteiger partial charge in [-0.3, -0.25) is 0 Å². The molecule has 1 N–H and O–H groups in total. The number of nitrogens with one attached hydrogen (secondary N) is 1. The van der Waals surface area contributed by atoms with Crippen molar-refractivity contribution in [2.75, 3.05) is 5.32 Å². The number of benzene rings is 1. The highest BCUT2D eigenvalue weighted by atomic mass is 19.1. The number of hydrogen-bond acceptors (Lipinski definition) is 4. The number of aryl methyl sites for hydroxylation is 1. The van der Waals surface area contributed by atoms with Crippen molar-refractivity contribution >= 4 is 5.95 Å². The smallest absolute Gasteiger partial charge is 0.243 e. The summed E-state index contributed by atoms with van der Waals surface area (Å²) in [6.45, 7) is 2.31. The highest BCUT2D eigenvalue weighted by Crippen LogP contribution is 2.05. The fraction of sp³-hybridized carbons (Fsp3) is 0.182. The van der Waals surface area contributed by atoms with E-state index in [0.29, 0.717) is 12.5 Å². The van der Waals surface area contributed by atoms with Crippen LogP contribution >= 0.6 is 0 Å². The van der Waals surface area contributed by atoms with Crippen LogP contribution in [0.3, 0.4) is 0 Å². The summed E-state index contributed by atoms with van der Waals surface area (Å²) >= 11 is 0. The molecule has 0 saturated heterocycles. The summed E-state index contributed by atoms with van der Waals surface area (Å²) in [6.07, 6.45) is 1.58. The van der Waals surface area contributed by atoms with E-state index in [1.807, 2.05) is 13.0 Å². The number of anilines is 1. The average Bonchev–Trinajstić information content (AvgIpc) is 2.27. The van der Waals surface area contributed by atoms with Crippen LogP contribution in [0.2, 0.25) is 0 Å². The van der Waals surface area contributed by atoms with Crippen molar-refractivity contribution < 1.29 is 4.39 Å². The molecular formula is C11H11FN4. The van der Waals surface area contributed by atoms with E-state index in [-0.39, 0.29) is 5.82 Å². The summed E-state index contributed by atoms with van der Waals surface area (Å²) in [4.78, 5) is 4.13. The number of halogens is 1. The Morgan fingerprint density at radius 2 is 2.25 bits per heavy atom. The second-order valence-electron chi connectivity index (χ2n) is 3.40. The van der Waals surface area contributed by atoms with Crippen molar-refractivity contribution in [3.8, 4) is 0 Å². The highest BCUT2D eigenvalue weighted by Gasteiger charge is 1.98. The summed E-state index contributed by atoms with van der Waals surface area (Å²) in [5.74, 6) is 0.201. The molecule has 0 spiro atoms. The molecule has 0 fully saturated rings. The molecule has 0 bridgehead atoms. The molecule has 1 aromatic heterocycles. The fourth-order valence-electron chi connectivity index (χ4n) is 1.29. The van der Waals surface area contributed by atoms with Gasteiger partial charge >= 0.3 is 0 Å². The molecule has 0 radical (unpaired) electrons. The third-order valence-corrected chi connectivity index (χ3v) is 2.02. The topological polar surface area (TPSA) is 50.7 Å². The molecule has 2 rings (SSSR count). The van der Waals surface area contributed by atoms with Gasteiger partial charge in [-0.25, -0.2) is 9.37 Å². The third kappa shape index (κ3) is 2.73. The van der Waals surface area contributed by atoms with Crippen LogP contribution in [0.1, 0.15) is 11.3 Å². The zero-order chi connectivity index (χ0) is 11.4. The van der Waals surface area contributed by atoms with Crippen LogP contribution in [0.15, 0.2) is 30.5 Å². The van der Waals surface area contributed by atoms with Crippen LogP contribution in [0, 0.1) is 12.7 Å². The number of aromatic nitrogens is 3. The van der Waals surface area contributed by atoms with Crippen LogP contribution < -0.4 is 5.32 Å². The van der Waals surface area contributed by atoms with Crippen LogP contribution in [-0.4, -0.2) is 15.2 Å². The molecule has 0 saturated carbocycles. The molecule has 0 unspecified atom stereocenters. The number of hydrogen-bond donors (Lipinski definition) is 1. The van der Waals surface area contributed by atoms with Crippen LogP contribution in [0.4, 0.5) is 10.3 Å². The summed E-state index contributed by atoms with van der Waals surface area (Å²) in [5.41, 5.74) is 1.63. The maximum absolute atomic E-state index is 12.9. The second kappa shape index (κ2) is 4.65. The van der Waals surface area contributed by atoms with E-state index in [4.69, 9.17) is 0 Å². The lowest BCUT2D eigenvalue weighted by Gasteiger charge is -2.04. The standard InChI is InChI=1S/C11H11FN4/c1-8-6-14-16-11(15-8)13-7-9-3-2-4-10(12)5-9/h2-6H,7H2,1H3,(H,13,15,16). The van der Waals surface area contributed by atoms with Gasteiger partial charge in [0, 0.05) is 6.54 Å². The summed E-state index contributed by atoms with van der Waals surface area (Å²) in [6, 6.07) is 6.38. The number of rotatable bonds is 3. The van der Waals surface area contributed by atoms with Gasteiger partial charge in [-0.05, 0) is 24.6 Å². The molecular weight excluding hydrogens is 207 g/mol. The monoisotopic (exact) mass is 218 g/mol. The quantitative estimate of drug-likeness (QED) is 0.855. The minimum atomic E-state index is -0.248. The van der Waals surface area contributed by atoms with E-state index in [1.165, 1.54) is 12.1 Å². The van der Waals surface area contributed by atoms with Crippen LogP contribution in [-0.2, 0) is 6.54 Å². The predicted molar refractivity (Wildman–Crippen MR) is 58.3 cm³/mol. The molecule has 2 aromatic rings. The van der Waals surface area contributed by atoms with Crippen LogP contribution in [0.25, 0.3) is 0 Å². The third-order valence-electron chi connectivity index (χ3n) is 2.02. The van der Waals surface area contributed by atoms with E-state index in [9.17, 15) is 4.39 Å². The molecule has 1 aromatic carbocycles. The SMILES string of the molecule is Cc1cnnc(NCc2cccc(F)c2)n1. The second-order valence-corrected chi connectivity index (χ2v) is 3.40. The normalized spacial score (nSPS) is 10.1. The molecule has 0 aliphatic carbocycles. The van der Waals surface area contributed by atoms with E-state index >= 15 is 0 Å². The van der Waals surface area contributed by atoms with Gasteiger partial charge < -0.3 is 5.32 Å². The lowest BCUT2D eigenvalue weighted by molar-refractivity contribution is 0.626. The molecule has 1 heterocycles. The minimum Gasteiger partial charge on any atom is -0.349 e. The van der Waals surface area contributed by atoms with Crippen molar-refractivity contribution in [1.29, 1.82) is 0 Å². The highest BCUT2D eigenvalue weighted by molar-refractivity contribution is 5.26. The van der Waals surface area contributed by atoms with E-state index < -0.39 is 0 Å². The molecule has 5 heteroatoms. The van der Waals surface area contributed by atoms with Crippen molar-refractivity contribution in [3.63, 3.8) is 0 Å². The first-order chi connectivity index (χ1) is 7.74. The Bertz CT molecular complexity index is 441. The Balaban J connectivity index is 2.02.